The fourth-order valence-electron chi connectivity index (χ4n) is 2.49. The minimum atomic E-state index is -4.59. The van der Waals surface area contributed by atoms with Crippen molar-refractivity contribution in [1.82, 2.24) is 15.2 Å². The average Bonchev–Trinajstić information content (AvgIpc) is 2.55. The predicted molar refractivity (Wildman–Crippen MR) is 88.1 cm³/mol. The van der Waals surface area contributed by atoms with Gasteiger partial charge >= 0.3 is 12.2 Å². The van der Waals surface area contributed by atoms with E-state index in [2.05, 4.69) is 5.32 Å². The molecule has 2 rings (SSSR count). The van der Waals surface area contributed by atoms with Gasteiger partial charge < -0.3 is 20.9 Å². The van der Waals surface area contributed by atoms with Gasteiger partial charge in [0.25, 0.3) is 5.56 Å². The molecule has 0 aliphatic carbocycles. The summed E-state index contributed by atoms with van der Waals surface area (Å²) in [6.45, 7) is -0.397. The Hall–Kier alpha value is -2.55. The second kappa shape index (κ2) is 7.56. The number of alkyl halides is 3. The van der Waals surface area contributed by atoms with Crippen LogP contribution < -0.4 is 21.9 Å². The third-order valence-electron chi connectivity index (χ3n) is 3.80. The molecule has 0 saturated carbocycles. The minimum Gasteiger partial charge on any atom is -0.334 e. The number of nitrogens with zero attached hydrogens (tertiary/aromatic N) is 1. The fourth-order valence-corrected chi connectivity index (χ4v) is 2.49. The Morgan fingerprint density at radius 3 is 2.64 bits per heavy atom. The largest absolute Gasteiger partial charge is 0.408 e. The van der Waals surface area contributed by atoms with Crippen LogP contribution in [0, 0.1) is 0 Å². The highest BCUT2D eigenvalue weighted by atomic mass is 19.4. The van der Waals surface area contributed by atoms with E-state index in [0.717, 1.165) is 10.9 Å². The van der Waals surface area contributed by atoms with Gasteiger partial charge in [-0.25, -0.2) is 4.79 Å². The topological polar surface area (TPSA) is 89.2 Å². The van der Waals surface area contributed by atoms with E-state index in [1.807, 2.05) is 5.32 Å². The summed E-state index contributed by atoms with van der Waals surface area (Å²) in [5.74, 6) is 0. The molecule has 9 heteroatoms. The van der Waals surface area contributed by atoms with Gasteiger partial charge in [0.05, 0.1) is 5.52 Å². The van der Waals surface area contributed by atoms with E-state index in [9.17, 15) is 22.8 Å². The number of nitrogens with two attached hydrogens (primary N) is 1. The molecule has 1 aromatic heterocycles. The smallest absolute Gasteiger partial charge is 0.334 e. The van der Waals surface area contributed by atoms with Crippen LogP contribution in [0.3, 0.4) is 0 Å². The molecular formula is C16H19F3N4O2. The Bertz CT molecular complexity index is 817. The molecule has 0 aliphatic rings. The van der Waals surface area contributed by atoms with Crippen molar-refractivity contribution < 1.29 is 18.0 Å². The molecule has 1 heterocycles. The first-order valence-corrected chi connectivity index (χ1v) is 7.63. The molecule has 0 aliphatic heterocycles. The highest BCUT2D eigenvalue weighted by Crippen LogP contribution is 2.22. The molecule has 136 valence electrons. The first-order chi connectivity index (χ1) is 11.7. The van der Waals surface area contributed by atoms with Gasteiger partial charge in [0.1, 0.15) is 6.04 Å². The van der Waals surface area contributed by atoms with Crippen molar-refractivity contribution in [2.24, 2.45) is 12.8 Å². The lowest BCUT2D eigenvalue weighted by molar-refractivity contribution is -0.154. The van der Waals surface area contributed by atoms with Gasteiger partial charge in [-0.1, -0.05) is 18.2 Å². The van der Waals surface area contributed by atoms with Crippen LogP contribution in [0.15, 0.2) is 35.1 Å². The first kappa shape index (κ1) is 18.8. The van der Waals surface area contributed by atoms with E-state index < -0.39 is 24.7 Å². The van der Waals surface area contributed by atoms with Crippen molar-refractivity contribution in [2.75, 3.05) is 6.54 Å². The molecule has 6 nitrogen and oxygen atoms in total. The van der Waals surface area contributed by atoms with Gasteiger partial charge in [0.15, 0.2) is 0 Å². The summed E-state index contributed by atoms with van der Waals surface area (Å²) in [5.41, 5.74) is 5.81. The van der Waals surface area contributed by atoms with Crippen molar-refractivity contribution in [1.29, 1.82) is 0 Å². The number of aromatic nitrogens is 1. The van der Waals surface area contributed by atoms with E-state index in [-0.39, 0.29) is 24.2 Å². The number of para-hydroxylation sites is 1. The van der Waals surface area contributed by atoms with Crippen LogP contribution in [0.5, 0.6) is 0 Å². The normalized spacial score (nSPS) is 12.8. The summed E-state index contributed by atoms with van der Waals surface area (Å²) in [6, 6.07) is 5.75. The van der Waals surface area contributed by atoms with Crippen molar-refractivity contribution in [3.63, 3.8) is 0 Å². The molecule has 1 aromatic carbocycles. The Balaban J connectivity index is 2.11. The number of urea groups is 1. The fraction of sp³-hybridized carbons (Fsp3) is 0.375. The zero-order valence-corrected chi connectivity index (χ0v) is 13.6. The molecule has 0 spiro atoms. The number of pyridine rings is 1. The molecule has 0 bridgehead atoms. The van der Waals surface area contributed by atoms with E-state index in [1.54, 1.807) is 37.4 Å². The number of halogens is 3. The zero-order chi connectivity index (χ0) is 18.6. The molecule has 4 N–H and O–H groups in total. The van der Waals surface area contributed by atoms with Gasteiger partial charge in [0.2, 0.25) is 0 Å². The quantitative estimate of drug-likeness (QED) is 0.761. The summed E-state index contributed by atoms with van der Waals surface area (Å²) in [6.07, 6.45) is -5.01. The third kappa shape index (κ3) is 4.50. The summed E-state index contributed by atoms with van der Waals surface area (Å²) >= 11 is 0. The lowest BCUT2D eigenvalue weighted by Crippen LogP contribution is -2.50. The number of hydrogen-bond donors (Lipinski definition) is 3. The van der Waals surface area contributed by atoms with Crippen LogP contribution in [0.4, 0.5) is 18.0 Å². The van der Waals surface area contributed by atoms with Gasteiger partial charge in [-0.3, -0.25) is 4.79 Å². The SMILES string of the molecule is Cn1c(=O)c(CNC(=O)NC(CCN)C(F)(F)F)cc2ccccc21. The number of amides is 2. The zero-order valence-electron chi connectivity index (χ0n) is 13.6. The molecule has 2 aromatic rings. The third-order valence-corrected chi connectivity index (χ3v) is 3.80. The van der Waals surface area contributed by atoms with Crippen molar-refractivity contribution in [3.05, 3.63) is 46.2 Å². The van der Waals surface area contributed by atoms with Crippen molar-refractivity contribution >= 4 is 16.9 Å². The first-order valence-electron chi connectivity index (χ1n) is 7.63. The highest BCUT2D eigenvalue weighted by Gasteiger charge is 2.39. The van der Waals surface area contributed by atoms with Crippen molar-refractivity contribution in [3.8, 4) is 0 Å². The molecule has 1 atom stereocenters. The summed E-state index contributed by atoms with van der Waals surface area (Å²) < 4.78 is 39.7. The number of fused-ring (bicyclic) bond motifs is 1. The Morgan fingerprint density at radius 2 is 2.00 bits per heavy atom. The van der Waals surface area contributed by atoms with E-state index in [0.29, 0.717) is 0 Å². The number of carbonyl (C=O) groups excluding carboxylic acids is 1. The standard InChI is InChI=1S/C16H19F3N4O2/c1-23-12-5-3-2-4-10(12)8-11(14(23)24)9-21-15(25)22-13(6-7-20)16(17,18)19/h2-5,8,13H,6-7,9,20H2,1H3,(H2,21,22,25). The van der Waals surface area contributed by atoms with Gasteiger partial charge in [-0.15, -0.1) is 0 Å². The van der Waals surface area contributed by atoms with Crippen LogP contribution in [-0.4, -0.2) is 29.4 Å². The number of carbonyl (C=O) groups is 1. The maximum Gasteiger partial charge on any atom is 0.408 e. The van der Waals surface area contributed by atoms with E-state index in [4.69, 9.17) is 5.73 Å². The Morgan fingerprint density at radius 1 is 1.32 bits per heavy atom. The van der Waals surface area contributed by atoms with Crippen LogP contribution in [0.2, 0.25) is 0 Å². The van der Waals surface area contributed by atoms with Gasteiger partial charge in [0, 0.05) is 19.2 Å². The molecule has 0 radical (unpaired) electrons. The van der Waals surface area contributed by atoms with Gasteiger partial charge in [-0.05, 0) is 30.5 Å². The molecule has 25 heavy (non-hydrogen) atoms. The minimum absolute atomic E-state index is 0.184. The number of nitrogens with one attached hydrogen (secondary N) is 2. The van der Waals surface area contributed by atoms with Gasteiger partial charge in [-0.2, -0.15) is 13.2 Å². The number of hydrogen-bond acceptors (Lipinski definition) is 3. The molecule has 1 unspecified atom stereocenters. The second-order valence-corrected chi connectivity index (χ2v) is 5.59. The molecular weight excluding hydrogens is 337 g/mol. The highest BCUT2D eigenvalue weighted by molar-refractivity contribution is 5.79. The maximum atomic E-state index is 12.8. The molecule has 0 saturated heterocycles. The Kier molecular flexibility index (Phi) is 5.68. The summed E-state index contributed by atoms with van der Waals surface area (Å²) in [7, 11) is 1.59. The second-order valence-electron chi connectivity index (χ2n) is 5.59. The summed E-state index contributed by atoms with van der Waals surface area (Å²) in [4.78, 5) is 24.0. The number of aryl methyl sites for hydroxylation is 1. The van der Waals surface area contributed by atoms with E-state index >= 15 is 0 Å². The van der Waals surface area contributed by atoms with Crippen LogP contribution in [0.1, 0.15) is 12.0 Å². The van der Waals surface area contributed by atoms with Crippen LogP contribution >= 0.6 is 0 Å². The van der Waals surface area contributed by atoms with Crippen LogP contribution in [-0.2, 0) is 13.6 Å². The predicted octanol–water partition coefficient (Wildman–Crippen LogP) is 1.62. The lowest BCUT2D eigenvalue weighted by atomic mass is 10.1. The number of benzene rings is 1. The molecule has 0 fully saturated rings. The Labute approximate surface area is 141 Å². The van der Waals surface area contributed by atoms with Crippen LogP contribution in [0.25, 0.3) is 10.9 Å². The lowest BCUT2D eigenvalue weighted by Gasteiger charge is -2.21. The van der Waals surface area contributed by atoms with Crippen molar-refractivity contribution in [2.45, 2.75) is 25.2 Å². The summed E-state index contributed by atoms with van der Waals surface area (Å²) in [5, 5.41) is 4.91. The maximum absolute atomic E-state index is 12.8. The van der Waals surface area contributed by atoms with E-state index in [1.165, 1.54) is 4.57 Å². The average molecular weight is 356 g/mol. The number of rotatable bonds is 5. The monoisotopic (exact) mass is 356 g/mol. The molecule has 2 amide bonds.